The fraction of sp³-hybridized carbons (Fsp3) is 0.714. The molecular formula is C14H23BN2O3. The third-order valence-electron chi connectivity index (χ3n) is 4.07. The standard InChI is InChI=1S/C14H23BN2O3/c1-8-18-12-16-9(2)11(10(3)17-12)15-19-13(4,5)14(6,7)20-15/h8H2,1-7H3. The predicted octanol–water partition coefficient (Wildman–Crippen LogP) is 1.79. The molecule has 6 heteroatoms. The van der Waals surface area contributed by atoms with Crippen molar-refractivity contribution in [2.24, 2.45) is 0 Å². The Bertz CT molecular complexity index is 478. The summed E-state index contributed by atoms with van der Waals surface area (Å²) in [4.78, 5) is 8.74. The second-order valence-electron chi connectivity index (χ2n) is 6.11. The monoisotopic (exact) mass is 278 g/mol. The third kappa shape index (κ3) is 2.54. The topological polar surface area (TPSA) is 53.5 Å². The highest BCUT2D eigenvalue weighted by atomic mass is 16.7. The number of nitrogens with zero attached hydrogens (tertiary/aromatic N) is 2. The van der Waals surface area contributed by atoms with E-state index in [9.17, 15) is 0 Å². The van der Waals surface area contributed by atoms with E-state index < -0.39 is 7.12 Å². The Hall–Kier alpha value is -1.14. The van der Waals surface area contributed by atoms with Crippen LogP contribution in [0, 0.1) is 13.8 Å². The number of hydrogen-bond acceptors (Lipinski definition) is 5. The maximum absolute atomic E-state index is 6.07. The summed E-state index contributed by atoms with van der Waals surface area (Å²) in [5, 5.41) is 0. The van der Waals surface area contributed by atoms with E-state index in [0.717, 1.165) is 16.9 Å². The zero-order chi connectivity index (χ0) is 15.1. The number of aryl methyl sites for hydroxylation is 2. The molecule has 1 fully saturated rings. The lowest BCUT2D eigenvalue weighted by Gasteiger charge is -2.32. The van der Waals surface area contributed by atoms with Crippen LogP contribution in [0.5, 0.6) is 6.01 Å². The summed E-state index contributed by atoms with van der Waals surface area (Å²) in [5.74, 6) is 0. The highest BCUT2D eigenvalue weighted by Crippen LogP contribution is 2.36. The normalized spacial score (nSPS) is 20.2. The minimum absolute atomic E-state index is 0.366. The largest absolute Gasteiger partial charge is 0.498 e. The van der Waals surface area contributed by atoms with Crippen molar-refractivity contribution in [3.63, 3.8) is 0 Å². The maximum Gasteiger partial charge on any atom is 0.498 e. The molecule has 0 unspecified atom stereocenters. The Morgan fingerprint density at radius 2 is 1.45 bits per heavy atom. The van der Waals surface area contributed by atoms with Crippen LogP contribution in [0.2, 0.25) is 0 Å². The van der Waals surface area contributed by atoms with Gasteiger partial charge in [-0.3, -0.25) is 0 Å². The second-order valence-corrected chi connectivity index (χ2v) is 6.11. The lowest BCUT2D eigenvalue weighted by atomic mass is 9.77. The number of aromatic nitrogens is 2. The lowest BCUT2D eigenvalue weighted by Crippen LogP contribution is -2.41. The second kappa shape index (κ2) is 5.00. The molecule has 0 radical (unpaired) electrons. The first-order chi connectivity index (χ1) is 9.18. The molecule has 0 aromatic carbocycles. The van der Waals surface area contributed by atoms with Crippen molar-refractivity contribution < 1.29 is 14.0 Å². The van der Waals surface area contributed by atoms with E-state index >= 15 is 0 Å². The van der Waals surface area contributed by atoms with Gasteiger partial charge in [0.2, 0.25) is 0 Å². The van der Waals surface area contributed by atoms with Crippen molar-refractivity contribution in [1.29, 1.82) is 0 Å². The van der Waals surface area contributed by atoms with Gasteiger partial charge in [-0.05, 0) is 48.5 Å². The molecule has 110 valence electrons. The highest BCUT2D eigenvalue weighted by Gasteiger charge is 2.52. The van der Waals surface area contributed by atoms with E-state index in [1.165, 1.54) is 0 Å². The molecule has 5 nitrogen and oxygen atoms in total. The van der Waals surface area contributed by atoms with Crippen LogP contribution in [0.15, 0.2) is 0 Å². The molecule has 0 spiro atoms. The average Bonchev–Trinajstić information content (AvgIpc) is 2.46. The number of ether oxygens (including phenoxy) is 1. The van der Waals surface area contributed by atoms with Gasteiger partial charge in [0.25, 0.3) is 0 Å². The van der Waals surface area contributed by atoms with Crippen LogP contribution >= 0.6 is 0 Å². The minimum Gasteiger partial charge on any atom is -0.464 e. The predicted molar refractivity (Wildman–Crippen MR) is 78.4 cm³/mol. The molecule has 0 amide bonds. The van der Waals surface area contributed by atoms with E-state index in [4.69, 9.17) is 14.0 Å². The van der Waals surface area contributed by atoms with Gasteiger partial charge in [0, 0.05) is 16.9 Å². The third-order valence-corrected chi connectivity index (χ3v) is 4.07. The molecule has 1 aliphatic heterocycles. The van der Waals surface area contributed by atoms with E-state index in [0.29, 0.717) is 12.6 Å². The Balaban J connectivity index is 2.36. The van der Waals surface area contributed by atoms with Crippen molar-refractivity contribution in [3.8, 4) is 6.01 Å². The Labute approximate surface area is 121 Å². The number of rotatable bonds is 3. The van der Waals surface area contributed by atoms with Crippen LogP contribution in [-0.4, -0.2) is 34.9 Å². The molecule has 0 atom stereocenters. The Morgan fingerprint density at radius 3 is 1.85 bits per heavy atom. The zero-order valence-electron chi connectivity index (χ0n) is 13.4. The Morgan fingerprint density at radius 1 is 1.00 bits per heavy atom. The van der Waals surface area contributed by atoms with Crippen LogP contribution in [0.1, 0.15) is 46.0 Å². The maximum atomic E-state index is 6.07. The van der Waals surface area contributed by atoms with Gasteiger partial charge in [-0.15, -0.1) is 0 Å². The molecule has 0 saturated carbocycles. The summed E-state index contributed by atoms with van der Waals surface area (Å²) < 4.78 is 17.5. The molecule has 2 heterocycles. The van der Waals surface area contributed by atoms with E-state index in [1.807, 2.05) is 48.5 Å². The smallest absolute Gasteiger partial charge is 0.464 e. The van der Waals surface area contributed by atoms with E-state index in [1.54, 1.807) is 0 Å². The van der Waals surface area contributed by atoms with Crippen molar-refractivity contribution >= 4 is 12.6 Å². The summed E-state index contributed by atoms with van der Waals surface area (Å²) in [7, 11) is -0.435. The molecule has 0 N–H and O–H groups in total. The molecular weight excluding hydrogens is 255 g/mol. The fourth-order valence-electron chi connectivity index (χ4n) is 2.19. The molecule has 1 aromatic heterocycles. The molecule has 2 rings (SSSR count). The van der Waals surface area contributed by atoms with Gasteiger partial charge in [0.15, 0.2) is 0 Å². The first-order valence-corrected chi connectivity index (χ1v) is 7.01. The van der Waals surface area contributed by atoms with Crippen LogP contribution in [0.4, 0.5) is 0 Å². The molecule has 0 bridgehead atoms. The molecule has 0 aliphatic carbocycles. The lowest BCUT2D eigenvalue weighted by molar-refractivity contribution is 0.00578. The zero-order valence-corrected chi connectivity index (χ0v) is 13.4. The van der Waals surface area contributed by atoms with E-state index in [2.05, 4.69) is 9.97 Å². The first-order valence-electron chi connectivity index (χ1n) is 7.01. The highest BCUT2D eigenvalue weighted by molar-refractivity contribution is 6.63. The van der Waals surface area contributed by atoms with Crippen LogP contribution in [-0.2, 0) is 9.31 Å². The average molecular weight is 278 g/mol. The molecule has 1 saturated heterocycles. The Kier molecular flexibility index (Phi) is 3.82. The quantitative estimate of drug-likeness (QED) is 0.789. The summed E-state index contributed by atoms with van der Waals surface area (Å²) in [6.07, 6.45) is 0. The minimum atomic E-state index is -0.435. The van der Waals surface area contributed by atoms with Gasteiger partial charge in [0.1, 0.15) is 0 Å². The molecule has 20 heavy (non-hydrogen) atoms. The van der Waals surface area contributed by atoms with Crippen LogP contribution in [0.3, 0.4) is 0 Å². The van der Waals surface area contributed by atoms with Gasteiger partial charge in [-0.2, -0.15) is 0 Å². The van der Waals surface area contributed by atoms with Crippen molar-refractivity contribution in [2.45, 2.75) is 59.7 Å². The first kappa shape index (κ1) is 15.3. The summed E-state index contributed by atoms with van der Waals surface area (Å²) in [5.41, 5.74) is 1.83. The van der Waals surface area contributed by atoms with Gasteiger partial charge < -0.3 is 14.0 Å². The van der Waals surface area contributed by atoms with E-state index in [-0.39, 0.29) is 11.2 Å². The van der Waals surface area contributed by atoms with Crippen molar-refractivity contribution in [3.05, 3.63) is 11.4 Å². The summed E-state index contributed by atoms with van der Waals surface area (Å²) in [6.45, 7) is 14.5. The van der Waals surface area contributed by atoms with Crippen LogP contribution < -0.4 is 10.2 Å². The van der Waals surface area contributed by atoms with Gasteiger partial charge in [-0.1, -0.05) is 0 Å². The fourth-order valence-corrected chi connectivity index (χ4v) is 2.19. The van der Waals surface area contributed by atoms with Gasteiger partial charge >= 0.3 is 13.1 Å². The van der Waals surface area contributed by atoms with Crippen molar-refractivity contribution in [1.82, 2.24) is 9.97 Å². The summed E-state index contributed by atoms with van der Waals surface area (Å²) >= 11 is 0. The molecule has 1 aliphatic rings. The van der Waals surface area contributed by atoms with Crippen molar-refractivity contribution in [2.75, 3.05) is 6.61 Å². The van der Waals surface area contributed by atoms with Gasteiger partial charge in [0.05, 0.1) is 17.8 Å². The van der Waals surface area contributed by atoms with Crippen LogP contribution in [0.25, 0.3) is 0 Å². The number of hydrogen-bond donors (Lipinski definition) is 0. The molecule has 1 aromatic rings. The SMILES string of the molecule is CCOc1nc(C)c(B2OC(C)(C)C(C)(C)O2)c(C)n1. The van der Waals surface area contributed by atoms with Gasteiger partial charge in [-0.25, -0.2) is 9.97 Å². The summed E-state index contributed by atoms with van der Waals surface area (Å²) in [6, 6.07) is 0.405.